The Bertz CT molecular complexity index is 2840. The van der Waals surface area contributed by atoms with Gasteiger partial charge >= 0.3 is 0 Å². The van der Waals surface area contributed by atoms with Crippen LogP contribution in [-0.2, 0) is 0 Å². The highest BCUT2D eigenvalue weighted by atomic mass is 32.1. The Labute approximate surface area is 316 Å². The van der Waals surface area contributed by atoms with Crippen molar-refractivity contribution in [1.29, 1.82) is 0 Å². The Morgan fingerprint density at radius 2 is 0.811 bits per heavy atom. The highest BCUT2D eigenvalue weighted by molar-refractivity contribution is 7.28. The van der Waals surface area contributed by atoms with Crippen molar-refractivity contribution in [3.8, 4) is 44.0 Å². The van der Waals surface area contributed by atoms with Gasteiger partial charge in [0.05, 0.1) is 10.2 Å². The summed E-state index contributed by atoms with van der Waals surface area (Å²) >= 11 is 3.65. The van der Waals surface area contributed by atoms with E-state index in [1.54, 1.807) is 11.3 Å². The van der Waals surface area contributed by atoms with Crippen LogP contribution in [0.25, 0.3) is 74.3 Å². The third kappa shape index (κ3) is 5.88. The number of anilines is 3. The van der Waals surface area contributed by atoms with E-state index < -0.39 is 0 Å². The SMILES string of the molecule is c1ccc(-c2ccc(-c3ccc(N(c4ccccc4)c4ccc(-c5ccc6sc7ccc8nc(-c9ccccc9)sc8c7c6c5)cc4)cc3)cc2)cc1. The van der Waals surface area contributed by atoms with Crippen LogP contribution in [0.1, 0.15) is 0 Å². The lowest BCUT2D eigenvalue weighted by Gasteiger charge is -2.26. The van der Waals surface area contributed by atoms with Gasteiger partial charge in [0, 0.05) is 42.8 Å². The summed E-state index contributed by atoms with van der Waals surface area (Å²) in [5.41, 5.74) is 12.8. The first-order valence-electron chi connectivity index (χ1n) is 17.8. The van der Waals surface area contributed by atoms with Gasteiger partial charge in [-0.25, -0.2) is 4.98 Å². The van der Waals surface area contributed by atoms with E-state index in [4.69, 9.17) is 4.98 Å². The van der Waals surface area contributed by atoms with Crippen LogP contribution in [0.4, 0.5) is 17.1 Å². The minimum atomic E-state index is 1.06. The number of rotatable bonds is 7. The van der Waals surface area contributed by atoms with Crippen LogP contribution in [0.3, 0.4) is 0 Å². The van der Waals surface area contributed by atoms with E-state index in [0.29, 0.717) is 0 Å². The first kappa shape index (κ1) is 31.4. The Balaban J connectivity index is 0.978. The lowest BCUT2D eigenvalue weighted by Crippen LogP contribution is -2.09. The van der Waals surface area contributed by atoms with E-state index in [-0.39, 0.29) is 0 Å². The van der Waals surface area contributed by atoms with E-state index in [0.717, 1.165) is 33.1 Å². The molecule has 0 aliphatic heterocycles. The van der Waals surface area contributed by atoms with Gasteiger partial charge in [-0.3, -0.25) is 0 Å². The van der Waals surface area contributed by atoms with Gasteiger partial charge in [-0.1, -0.05) is 133 Å². The van der Waals surface area contributed by atoms with Crippen molar-refractivity contribution in [2.24, 2.45) is 0 Å². The second kappa shape index (κ2) is 13.3. The van der Waals surface area contributed by atoms with Gasteiger partial charge in [-0.2, -0.15) is 0 Å². The fourth-order valence-corrected chi connectivity index (χ4v) is 9.54. The molecule has 10 rings (SSSR count). The molecule has 53 heavy (non-hydrogen) atoms. The molecule has 2 aromatic heterocycles. The molecule has 0 radical (unpaired) electrons. The summed E-state index contributed by atoms with van der Waals surface area (Å²) in [6.45, 7) is 0. The molecule has 0 atom stereocenters. The maximum absolute atomic E-state index is 5.03. The maximum atomic E-state index is 5.03. The monoisotopic (exact) mass is 712 g/mol. The topological polar surface area (TPSA) is 16.1 Å². The third-order valence-electron chi connectivity index (χ3n) is 9.93. The predicted molar refractivity (Wildman–Crippen MR) is 229 cm³/mol. The molecule has 0 N–H and O–H groups in total. The zero-order valence-corrected chi connectivity index (χ0v) is 30.3. The van der Waals surface area contributed by atoms with Gasteiger partial charge < -0.3 is 4.90 Å². The molecule has 0 saturated carbocycles. The summed E-state index contributed by atoms with van der Waals surface area (Å²) in [5.74, 6) is 0. The van der Waals surface area contributed by atoms with Crippen LogP contribution >= 0.6 is 22.7 Å². The van der Waals surface area contributed by atoms with E-state index >= 15 is 0 Å². The average Bonchev–Trinajstić information content (AvgIpc) is 3.84. The molecule has 0 aliphatic rings. The minimum Gasteiger partial charge on any atom is -0.311 e. The zero-order valence-electron chi connectivity index (χ0n) is 28.7. The normalized spacial score (nSPS) is 11.4. The molecule has 10 aromatic rings. The van der Waals surface area contributed by atoms with Crippen molar-refractivity contribution in [1.82, 2.24) is 4.98 Å². The number of fused-ring (bicyclic) bond motifs is 5. The molecular weight excluding hydrogens is 681 g/mol. The average molecular weight is 713 g/mol. The quantitative estimate of drug-likeness (QED) is 0.164. The van der Waals surface area contributed by atoms with E-state index in [9.17, 15) is 0 Å². The van der Waals surface area contributed by atoms with Crippen molar-refractivity contribution in [3.05, 3.63) is 194 Å². The number of thiazole rings is 1. The van der Waals surface area contributed by atoms with Gasteiger partial charge in [0.25, 0.3) is 0 Å². The highest BCUT2D eigenvalue weighted by Crippen LogP contribution is 2.44. The van der Waals surface area contributed by atoms with Crippen LogP contribution in [0.15, 0.2) is 194 Å². The van der Waals surface area contributed by atoms with Crippen LogP contribution in [0.2, 0.25) is 0 Å². The van der Waals surface area contributed by atoms with Gasteiger partial charge in [0.15, 0.2) is 0 Å². The Kier molecular flexibility index (Phi) is 7.90. The predicted octanol–water partition coefficient (Wildman–Crippen LogP) is 14.8. The molecule has 8 aromatic carbocycles. The van der Waals surface area contributed by atoms with Gasteiger partial charge in [-0.05, 0) is 94.0 Å². The van der Waals surface area contributed by atoms with E-state index in [2.05, 4.69) is 199 Å². The zero-order chi connectivity index (χ0) is 35.1. The van der Waals surface area contributed by atoms with Crippen LogP contribution in [0, 0.1) is 0 Å². The molecule has 2 heterocycles. The Hall–Kier alpha value is -6.33. The fraction of sp³-hybridized carbons (Fsp3) is 0. The standard InChI is InChI=1S/C49H32N2S2/c1-4-10-33(11-5-1)34-16-18-35(19-17-34)36-20-25-41(26-21-36)51(40-14-8-3-9-15-40)42-27-22-37(23-28-42)39-24-30-45-43(32-39)47-46(52-45)31-29-44-48(47)53-49(50-44)38-12-6-2-7-13-38/h1-32H. The second-order valence-electron chi connectivity index (χ2n) is 13.2. The number of nitrogens with zero attached hydrogens (tertiary/aromatic N) is 2. The number of thiophene rings is 1. The molecular formula is C49H32N2S2. The summed E-state index contributed by atoms with van der Waals surface area (Å²) in [7, 11) is 0. The number of hydrogen-bond acceptors (Lipinski definition) is 4. The Morgan fingerprint density at radius 1 is 0.358 bits per heavy atom. The smallest absolute Gasteiger partial charge is 0.124 e. The first-order chi connectivity index (χ1) is 26.2. The minimum absolute atomic E-state index is 1.06. The van der Waals surface area contributed by atoms with Crippen LogP contribution < -0.4 is 4.90 Å². The summed E-state index contributed by atoms with van der Waals surface area (Å²) < 4.78 is 3.86. The highest BCUT2D eigenvalue weighted by Gasteiger charge is 2.16. The van der Waals surface area contributed by atoms with Crippen molar-refractivity contribution in [2.45, 2.75) is 0 Å². The second-order valence-corrected chi connectivity index (χ2v) is 15.3. The molecule has 0 bridgehead atoms. The lowest BCUT2D eigenvalue weighted by molar-refractivity contribution is 1.28. The lowest BCUT2D eigenvalue weighted by atomic mass is 10.00. The summed E-state index contributed by atoms with van der Waals surface area (Å²) in [6.07, 6.45) is 0. The van der Waals surface area contributed by atoms with Gasteiger partial charge in [0.2, 0.25) is 0 Å². The molecule has 250 valence electrons. The summed E-state index contributed by atoms with van der Waals surface area (Å²) in [4.78, 5) is 7.35. The van der Waals surface area contributed by atoms with Crippen LogP contribution in [0.5, 0.6) is 0 Å². The first-order valence-corrected chi connectivity index (χ1v) is 19.4. The number of hydrogen-bond donors (Lipinski definition) is 0. The van der Waals surface area contributed by atoms with E-state index in [1.165, 1.54) is 58.3 Å². The fourth-order valence-electron chi connectivity index (χ4n) is 7.25. The molecule has 0 saturated heterocycles. The molecule has 0 fully saturated rings. The molecule has 2 nitrogen and oxygen atoms in total. The number of aromatic nitrogens is 1. The van der Waals surface area contributed by atoms with Crippen molar-refractivity contribution < 1.29 is 0 Å². The molecule has 4 heteroatoms. The van der Waals surface area contributed by atoms with E-state index in [1.807, 2.05) is 11.3 Å². The van der Waals surface area contributed by atoms with Crippen molar-refractivity contribution >= 4 is 70.1 Å². The number of benzene rings is 8. The molecule has 0 amide bonds. The molecule has 0 aliphatic carbocycles. The van der Waals surface area contributed by atoms with Gasteiger partial charge in [-0.15, -0.1) is 22.7 Å². The largest absolute Gasteiger partial charge is 0.311 e. The third-order valence-corrected chi connectivity index (χ3v) is 12.2. The summed E-state index contributed by atoms with van der Waals surface area (Å²) in [5, 5.41) is 3.67. The molecule has 0 unspecified atom stereocenters. The van der Waals surface area contributed by atoms with Crippen LogP contribution in [-0.4, -0.2) is 4.98 Å². The Morgan fingerprint density at radius 3 is 1.42 bits per heavy atom. The van der Waals surface area contributed by atoms with Gasteiger partial charge in [0.1, 0.15) is 5.01 Å². The maximum Gasteiger partial charge on any atom is 0.124 e. The van der Waals surface area contributed by atoms with Crippen molar-refractivity contribution in [2.75, 3.05) is 4.90 Å². The number of para-hydroxylation sites is 1. The summed E-state index contributed by atoms with van der Waals surface area (Å²) in [6, 6.07) is 69.6. The molecule has 0 spiro atoms. The van der Waals surface area contributed by atoms with Crippen molar-refractivity contribution in [3.63, 3.8) is 0 Å².